The molecule has 2 aromatic heterocycles. The molecule has 0 saturated heterocycles. The summed E-state index contributed by atoms with van der Waals surface area (Å²) in [5, 5.41) is 8.95. The van der Waals surface area contributed by atoms with Gasteiger partial charge >= 0.3 is 0 Å². The monoisotopic (exact) mass is 258 g/mol. The summed E-state index contributed by atoms with van der Waals surface area (Å²) in [5.41, 5.74) is 2.34. The van der Waals surface area contributed by atoms with Crippen molar-refractivity contribution < 1.29 is 9.84 Å². The lowest BCUT2D eigenvalue weighted by atomic mass is 10.2. The number of hydrogen-bond acceptors (Lipinski definition) is 4. The van der Waals surface area contributed by atoms with E-state index in [0.29, 0.717) is 17.9 Å². The van der Waals surface area contributed by atoms with Gasteiger partial charge in [-0.3, -0.25) is 0 Å². The van der Waals surface area contributed by atoms with Crippen LogP contribution in [0.15, 0.2) is 24.7 Å². The highest BCUT2D eigenvalue weighted by atomic mass is 16.5. The fourth-order valence-electron chi connectivity index (χ4n) is 1.61. The van der Waals surface area contributed by atoms with Gasteiger partial charge in [-0.1, -0.05) is 6.08 Å². The number of aliphatic hydroxyl groups excluding tert-OH is 1. The van der Waals surface area contributed by atoms with E-state index in [2.05, 4.69) is 19.8 Å². The fourth-order valence-corrected chi connectivity index (χ4v) is 1.61. The molecule has 2 heterocycles. The van der Waals surface area contributed by atoms with E-state index in [1.54, 1.807) is 13.0 Å². The van der Waals surface area contributed by atoms with Gasteiger partial charge in [-0.25, -0.2) is 14.8 Å². The molecule has 2 rings (SSSR count). The van der Waals surface area contributed by atoms with E-state index < -0.39 is 0 Å². The topological polar surface area (TPSA) is 75.4 Å². The number of hydrogen-bond donors (Lipinski definition) is 2. The second kappa shape index (κ2) is 5.98. The summed E-state index contributed by atoms with van der Waals surface area (Å²) in [6.45, 7) is 8.36. The van der Waals surface area contributed by atoms with Gasteiger partial charge in [-0.05, 0) is 13.3 Å². The standard InChI is InChI=1S/C13H14N4O2/c1-9(8-18)19-11-7-16-13-12(17-11)10(6-15-13)4-3-5-14-2/h3,5-7,9,18H,4,8H2,1H3,(H,15,16)/b5-3-. The number of fused-ring (bicyclic) bond motifs is 1. The third-order valence-electron chi connectivity index (χ3n) is 2.53. The molecule has 98 valence electrons. The zero-order valence-corrected chi connectivity index (χ0v) is 10.5. The zero-order chi connectivity index (χ0) is 13.7. The van der Waals surface area contributed by atoms with Crippen molar-refractivity contribution in [1.82, 2.24) is 15.0 Å². The highest BCUT2D eigenvalue weighted by Crippen LogP contribution is 2.18. The summed E-state index contributed by atoms with van der Waals surface area (Å²) in [7, 11) is 0. The molecule has 0 amide bonds. The number of aromatic nitrogens is 3. The molecule has 0 bridgehead atoms. The molecule has 0 spiro atoms. The molecule has 1 atom stereocenters. The molecular weight excluding hydrogens is 244 g/mol. The van der Waals surface area contributed by atoms with Crippen molar-refractivity contribution in [2.75, 3.05) is 6.61 Å². The lowest BCUT2D eigenvalue weighted by Crippen LogP contribution is -2.17. The van der Waals surface area contributed by atoms with Gasteiger partial charge in [0, 0.05) is 11.8 Å². The van der Waals surface area contributed by atoms with E-state index in [0.717, 1.165) is 11.1 Å². The molecule has 0 radical (unpaired) electrons. The minimum atomic E-state index is -0.323. The largest absolute Gasteiger partial charge is 0.471 e. The molecule has 6 heteroatoms. The number of H-pyrrole nitrogens is 1. The number of aromatic amines is 1. The zero-order valence-electron chi connectivity index (χ0n) is 10.5. The van der Waals surface area contributed by atoms with E-state index in [4.69, 9.17) is 16.4 Å². The Labute approximate surface area is 110 Å². The van der Waals surface area contributed by atoms with Crippen molar-refractivity contribution in [1.29, 1.82) is 0 Å². The van der Waals surface area contributed by atoms with Gasteiger partial charge in [-0.2, -0.15) is 0 Å². The Hall–Kier alpha value is -2.39. The molecule has 0 aliphatic carbocycles. The molecule has 0 fully saturated rings. The third-order valence-corrected chi connectivity index (χ3v) is 2.53. The van der Waals surface area contributed by atoms with Crippen molar-refractivity contribution in [2.24, 2.45) is 0 Å². The summed E-state index contributed by atoms with van der Waals surface area (Å²) in [6, 6.07) is 0. The first-order chi connectivity index (χ1) is 9.24. The van der Waals surface area contributed by atoms with Crippen molar-refractivity contribution >= 4 is 11.2 Å². The fraction of sp³-hybridized carbons (Fsp3) is 0.308. The van der Waals surface area contributed by atoms with Crippen molar-refractivity contribution in [3.05, 3.63) is 41.7 Å². The Balaban J connectivity index is 2.27. The smallest absolute Gasteiger partial charge is 0.233 e. The molecule has 6 nitrogen and oxygen atoms in total. The first-order valence-electron chi connectivity index (χ1n) is 5.86. The van der Waals surface area contributed by atoms with Crippen LogP contribution >= 0.6 is 0 Å². The van der Waals surface area contributed by atoms with Crippen LogP contribution in [-0.2, 0) is 6.42 Å². The van der Waals surface area contributed by atoms with Crippen LogP contribution in [0.4, 0.5) is 0 Å². The van der Waals surface area contributed by atoms with E-state index >= 15 is 0 Å². The Bertz CT molecular complexity index is 627. The summed E-state index contributed by atoms with van der Waals surface area (Å²) in [6.07, 6.45) is 6.80. The number of aliphatic hydroxyl groups is 1. The lowest BCUT2D eigenvalue weighted by Gasteiger charge is -2.10. The number of ether oxygens (including phenoxy) is 1. The molecule has 19 heavy (non-hydrogen) atoms. The predicted octanol–water partition coefficient (Wildman–Crippen LogP) is 1.69. The first-order valence-corrected chi connectivity index (χ1v) is 5.86. The quantitative estimate of drug-likeness (QED) is 0.800. The van der Waals surface area contributed by atoms with Crippen LogP contribution in [0.3, 0.4) is 0 Å². The van der Waals surface area contributed by atoms with Crippen LogP contribution in [-0.4, -0.2) is 32.8 Å². The van der Waals surface area contributed by atoms with Gasteiger partial charge in [0.25, 0.3) is 0 Å². The van der Waals surface area contributed by atoms with Gasteiger partial charge in [-0.15, -0.1) is 0 Å². The van der Waals surface area contributed by atoms with Gasteiger partial charge in [0.1, 0.15) is 11.6 Å². The third kappa shape index (κ3) is 3.09. The van der Waals surface area contributed by atoms with Crippen molar-refractivity contribution in [3.8, 4) is 5.88 Å². The van der Waals surface area contributed by atoms with Crippen LogP contribution in [0.25, 0.3) is 16.0 Å². The van der Waals surface area contributed by atoms with Gasteiger partial charge < -0.3 is 14.8 Å². The van der Waals surface area contributed by atoms with Gasteiger partial charge in [0.15, 0.2) is 11.8 Å². The highest BCUT2D eigenvalue weighted by Gasteiger charge is 2.09. The molecule has 2 aromatic rings. The number of nitrogens with zero attached hydrogens (tertiary/aromatic N) is 3. The summed E-state index contributed by atoms with van der Waals surface area (Å²) < 4.78 is 5.42. The minimum absolute atomic E-state index is 0.0759. The van der Waals surface area contributed by atoms with E-state index in [1.165, 1.54) is 12.4 Å². The van der Waals surface area contributed by atoms with Crippen LogP contribution < -0.4 is 4.74 Å². The molecule has 1 unspecified atom stereocenters. The Kier molecular flexibility index (Phi) is 4.11. The minimum Gasteiger partial charge on any atom is -0.471 e. The molecular formula is C13H14N4O2. The second-order valence-electron chi connectivity index (χ2n) is 4.05. The van der Waals surface area contributed by atoms with E-state index in [1.807, 2.05) is 6.20 Å². The average Bonchev–Trinajstić information content (AvgIpc) is 2.82. The number of allylic oxidation sites excluding steroid dienone is 1. The van der Waals surface area contributed by atoms with Crippen LogP contribution in [0.5, 0.6) is 5.88 Å². The van der Waals surface area contributed by atoms with Gasteiger partial charge in [0.05, 0.1) is 19.4 Å². The second-order valence-corrected chi connectivity index (χ2v) is 4.05. The number of rotatable bonds is 5. The highest BCUT2D eigenvalue weighted by molar-refractivity contribution is 5.75. The van der Waals surface area contributed by atoms with E-state index in [9.17, 15) is 0 Å². The van der Waals surface area contributed by atoms with Crippen molar-refractivity contribution in [3.63, 3.8) is 0 Å². The molecule has 0 aliphatic heterocycles. The molecule has 2 N–H and O–H groups in total. The normalized spacial score (nSPS) is 12.7. The lowest BCUT2D eigenvalue weighted by molar-refractivity contribution is 0.125. The van der Waals surface area contributed by atoms with Crippen LogP contribution in [0.1, 0.15) is 12.5 Å². The Morgan fingerprint density at radius 3 is 3.21 bits per heavy atom. The van der Waals surface area contributed by atoms with Crippen LogP contribution in [0, 0.1) is 6.57 Å². The average molecular weight is 258 g/mol. The van der Waals surface area contributed by atoms with Crippen LogP contribution in [0.2, 0.25) is 0 Å². The van der Waals surface area contributed by atoms with E-state index in [-0.39, 0.29) is 12.7 Å². The summed E-state index contributed by atoms with van der Waals surface area (Å²) in [5.74, 6) is 0.379. The first kappa shape index (κ1) is 13.1. The maximum absolute atomic E-state index is 8.95. The maximum Gasteiger partial charge on any atom is 0.233 e. The SMILES string of the molecule is [C-]#[N+]/C=C\Cc1c[nH]c2ncc(OC(C)CO)nc12. The maximum atomic E-state index is 8.95. The predicted molar refractivity (Wildman–Crippen MR) is 70.5 cm³/mol. The molecule has 0 aliphatic rings. The van der Waals surface area contributed by atoms with Gasteiger partial charge in [0.2, 0.25) is 5.88 Å². The molecule has 0 aromatic carbocycles. The van der Waals surface area contributed by atoms with Crippen molar-refractivity contribution in [2.45, 2.75) is 19.4 Å². The Morgan fingerprint density at radius 1 is 1.63 bits per heavy atom. The molecule has 0 saturated carbocycles. The summed E-state index contributed by atoms with van der Waals surface area (Å²) >= 11 is 0. The number of nitrogens with one attached hydrogen (secondary N) is 1. The Morgan fingerprint density at radius 2 is 2.47 bits per heavy atom. The summed E-state index contributed by atoms with van der Waals surface area (Å²) in [4.78, 5) is 14.7.